The van der Waals surface area contributed by atoms with Gasteiger partial charge in [0.25, 0.3) is 0 Å². The fourth-order valence-electron chi connectivity index (χ4n) is 2.20. The Labute approximate surface area is 129 Å². The smallest absolute Gasteiger partial charge is 0.177 e. The Morgan fingerprint density at radius 1 is 1.48 bits per heavy atom. The highest BCUT2D eigenvalue weighted by molar-refractivity contribution is 5.21. The average Bonchev–Trinajstić information content (AvgIpc) is 2.43. The summed E-state index contributed by atoms with van der Waals surface area (Å²) in [6.07, 6.45) is 18.7. The summed E-state index contributed by atoms with van der Waals surface area (Å²) in [6, 6.07) is 0. The molecule has 21 heavy (non-hydrogen) atoms. The molecule has 2 heteroatoms. The summed E-state index contributed by atoms with van der Waals surface area (Å²) >= 11 is 0. The van der Waals surface area contributed by atoms with Gasteiger partial charge in [0.05, 0.1) is 12.2 Å². The Kier molecular flexibility index (Phi) is 8.12. The van der Waals surface area contributed by atoms with Crippen LogP contribution < -0.4 is 0 Å². The lowest BCUT2D eigenvalue weighted by Crippen LogP contribution is -2.27. The molecule has 1 aliphatic rings. The maximum Gasteiger partial charge on any atom is 0.177 e. The van der Waals surface area contributed by atoms with Gasteiger partial charge in [-0.25, -0.2) is 0 Å². The van der Waals surface area contributed by atoms with Gasteiger partial charge < -0.3 is 9.47 Å². The quantitative estimate of drug-likeness (QED) is 0.386. The van der Waals surface area contributed by atoms with Crippen LogP contribution in [0.2, 0.25) is 0 Å². The van der Waals surface area contributed by atoms with Crippen molar-refractivity contribution in [2.24, 2.45) is 5.92 Å². The molecular formula is C19H28O2. The number of terminal acetylenes is 1. The summed E-state index contributed by atoms with van der Waals surface area (Å²) in [5, 5.41) is 0. The molecule has 0 unspecified atom stereocenters. The van der Waals surface area contributed by atoms with Crippen LogP contribution in [0.4, 0.5) is 0 Å². The molecule has 0 saturated heterocycles. The molecule has 3 atom stereocenters. The highest BCUT2D eigenvalue weighted by atomic mass is 16.7. The average molecular weight is 288 g/mol. The molecule has 0 aromatic carbocycles. The van der Waals surface area contributed by atoms with Crippen LogP contribution in [0.25, 0.3) is 0 Å². The van der Waals surface area contributed by atoms with Crippen molar-refractivity contribution in [1.82, 2.24) is 0 Å². The lowest BCUT2D eigenvalue weighted by molar-refractivity contribution is -0.154. The zero-order valence-electron chi connectivity index (χ0n) is 13.7. The van der Waals surface area contributed by atoms with E-state index in [9.17, 15) is 0 Å². The van der Waals surface area contributed by atoms with E-state index in [-0.39, 0.29) is 18.5 Å². The van der Waals surface area contributed by atoms with Crippen LogP contribution in [0.3, 0.4) is 0 Å². The van der Waals surface area contributed by atoms with E-state index in [0.29, 0.717) is 5.92 Å². The topological polar surface area (TPSA) is 18.5 Å². The third-order valence-electron chi connectivity index (χ3n) is 3.25. The standard InChI is InChI=1S/C19H28O2/c1-6-9-16(5)14-17(7-2)12-13-18-10-8-11-19(21-18)20-15(3)4/h1,8,11-16,18-19H,7,9-10H2,2-5H3/b13-12+,17-14-/t16-,18-,19-/m1/s1. The summed E-state index contributed by atoms with van der Waals surface area (Å²) in [5.41, 5.74) is 1.30. The molecule has 0 radical (unpaired) electrons. The lowest BCUT2D eigenvalue weighted by atomic mass is 10.0. The molecule has 0 fully saturated rings. The normalized spacial score (nSPS) is 24.5. The van der Waals surface area contributed by atoms with Crippen molar-refractivity contribution in [3.63, 3.8) is 0 Å². The largest absolute Gasteiger partial charge is 0.346 e. The monoisotopic (exact) mass is 288 g/mol. The number of rotatable bonds is 7. The molecule has 0 N–H and O–H groups in total. The third kappa shape index (κ3) is 7.32. The van der Waals surface area contributed by atoms with Gasteiger partial charge in [-0.2, -0.15) is 0 Å². The zero-order chi connectivity index (χ0) is 15.7. The van der Waals surface area contributed by atoms with Gasteiger partial charge in [0.15, 0.2) is 6.29 Å². The molecule has 0 amide bonds. The molecule has 0 saturated carbocycles. The molecule has 0 aliphatic carbocycles. The number of hydrogen-bond acceptors (Lipinski definition) is 2. The lowest BCUT2D eigenvalue weighted by Gasteiger charge is -2.25. The van der Waals surface area contributed by atoms with E-state index >= 15 is 0 Å². The van der Waals surface area contributed by atoms with Gasteiger partial charge in [-0.3, -0.25) is 0 Å². The van der Waals surface area contributed by atoms with Crippen molar-refractivity contribution < 1.29 is 9.47 Å². The third-order valence-corrected chi connectivity index (χ3v) is 3.25. The second kappa shape index (κ2) is 9.60. The maximum absolute atomic E-state index is 5.89. The molecule has 0 aromatic rings. The molecule has 1 aliphatic heterocycles. The van der Waals surface area contributed by atoms with Gasteiger partial charge in [0.2, 0.25) is 0 Å². The van der Waals surface area contributed by atoms with Gasteiger partial charge in [-0.15, -0.1) is 12.3 Å². The summed E-state index contributed by atoms with van der Waals surface area (Å²) < 4.78 is 11.6. The van der Waals surface area contributed by atoms with E-state index < -0.39 is 0 Å². The van der Waals surface area contributed by atoms with Crippen LogP contribution in [0.5, 0.6) is 0 Å². The van der Waals surface area contributed by atoms with E-state index in [1.54, 1.807) is 0 Å². The SMILES string of the molecule is C#CC[C@@H](C)/C=C(\C=C\[C@H]1CC=C[C@H](OC(C)C)O1)CC. The van der Waals surface area contributed by atoms with Crippen molar-refractivity contribution in [2.45, 2.75) is 65.5 Å². The minimum Gasteiger partial charge on any atom is -0.346 e. The molecule has 2 nitrogen and oxygen atoms in total. The predicted molar refractivity (Wildman–Crippen MR) is 88.8 cm³/mol. The van der Waals surface area contributed by atoms with E-state index in [4.69, 9.17) is 15.9 Å². The van der Waals surface area contributed by atoms with E-state index in [0.717, 1.165) is 19.3 Å². The van der Waals surface area contributed by atoms with Gasteiger partial charge in [-0.05, 0) is 38.7 Å². The first-order valence-corrected chi connectivity index (χ1v) is 7.85. The first kappa shape index (κ1) is 17.8. The van der Waals surface area contributed by atoms with E-state index in [1.807, 2.05) is 19.9 Å². The van der Waals surface area contributed by atoms with E-state index in [1.165, 1.54) is 5.57 Å². The zero-order valence-corrected chi connectivity index (χ0v) is 13.7. The maximum atomic E-state index is 5.89. The van der Waals surface area contributed by atoms with Crippen molar-refractivity contribution >= 4 is 0 Å². The highest BCUT2D eigenvalue weighted by Crippen LogP contribution is 2.18. The van der Waals surface area contributed by atoms with Gasteiger partial charge in [-0.1, -0.05) is 43.7 Å². The molecule has 1 heterocycles. The Morgan fingerprint density at radius 3 is 2.86 bits per heavy atom. The molecular weight excluding hydrogens is 260 g/mol. The highest BCUT2D eigenvalue weighted by Gasteiger charge is 2.17. The van der Waals surface area contributed by atoms with Crippen LogP contribution >= 0.6 is 0 Å². The predicted octanol–water partition coefficient (Wildman–Crippen LogP) is 4.63. The van der Waals surface area contributed by atoms with Crippen molar-refractivity contribution in [3.8, 4) is 12.3 Å². The molecule has 116 valence electrons. The number of allylic oxidation sites excluding steroid dienone is 3. The number of ether oxygens (including phenoxy) is 2. The van der Waals surface area contributed by atoms with Gasteiger partial charge >= 0.3 is 0 Å². The summed E-state index contributed by atoms with van der Waals surface area (Å²) in [5.74, 6) is 3.12. The molecule has 1 rings (SSSR count). The van der Waals surface area contributed by atoms with Gasteiger partial charge in [0.1, 0.15) is 0 Å². The Bertz CT molecular complexity index is 423. The molecule has 0 spiro atoms. The Morgan fingerprint density at radius 2 is 2.24 bits per heavy atom. The van der Waals surface area contributed by atoms with Crippen LogP contribution in [0.1, 0.15) is 47.0 Å². The fourth-order valence-corrected chi connectivity index (χ4v) is 2.20. The van der Waals surface area contributed by atoms with Crippen molar-refractivity contribution in [1.29, 1.82) is 0 Å². The van der Waals surface area contributed by atoms with Crippen LogP contribution in [0.15, 0.2) is 36.0 Å². The summed E-state index contributed by atoms with van der Waals surface area (Å²) in [7, 11) is 0. The Balaban J connectivity index is 2.58. The fraction of sp³-hybridized carbons (Fsp3) is 0.579. The second-order valence-corrected chi connectivity index (χ2v) is 5.73. The molecule has 0 aromatic heterocycles. The van der Waals surface area contributed by atoms with Crippen LogP contribution in [-0.4, -0.2) is 18.5 Å². The summed E-state index contributed by atoms with van der Waals surface area (Å²) in [6.45, 7) is 8.34. The van der Waals surface area contributed by atoms with Crippen LogP contribution in [0, 0.1) is 18.3 Å². The first-order valence-electron chi connectivity index (χ1n) is 7.85. The van der Waals surface area contributed by atoms with E-state index in [2.05, 4.69) is 44.1 Å². The summed E-state index contributed by atoms with van der Waals surface area (Å²) in [4.78, 5) is 0. The van der Waals surface area contributed by atoms with Crippen LogP contribution in [-0.2, 0) is 9.47 Å². The molecule has 0 bridgehead atoms. The minimum atomic E-state index is -0.234. The number of hydrogen-bond donors (Lipinski definition) is 0. The van der Waals surface area contributed by atoms with Crippen molar-refractivity contribution in [2.75, 3.05) is 0 Å². The Hall–Kier alpha value is -1.30. The van der Waals surface area contributed by atoms with Crippen molar-refractivity contribution in [3.05, 3.63) is 36.0 Å². The minimum absolute atomic E-state index is 0.0802. The van der Waals surface area contributed by atoms with Gasteiger partial charge in [0, 0.05) is 6.42 Å². The first-order chi connectivity index (χ1) is 10.0. The second-order valence-electron chi connectivity index (χ2n) is 5.73.